The molecule has 2 aliphatic heterocycles. The number of hydrogen-bond acceptors (Lipinski definition) is 4. The topological polar surface area (TPSA) is 66.9 Å². The van der Waals surface area contributed by atoms with E-state index in [-0.39, 0.29) is 29.7 Å². The molecule has 6 heteroatoms. The highest BCUT2D eigenvalue weighted by molar-refractivity contribution is 6.23. The van der Waals surface area contributed by atoms with Crippen molar-refractivity contribution in [2.24, 2.45) is 17.8 Å². The Kier molecular flexibility index (Phi) is 4.75. The maximum absolute atomic E-state index is 13.4. The molecule has 0 radical (unpaired) electrons. The van der Waals surface area contributed by atoms with E-state index in [9.17, 15) is 14.4 Å². The van der Waals surface area contributed by atoms with Gasteiger partial charge in [-0.2, -0.15) is 0 Å². The molecule has 1 aliphatic carbocycles. The van der Waals surface area contributed by atoms with Crippen LogP contribution in [0.3, 0.4) is 0 Å². The molecule has 0 N–H and O–H groups in total. The summed E-state index contributed by atoms with van der Waals surface area (Å²) in [4.78, 5) is 42.5. The van der Waals surface area contributed by atoms with E-state index in [1.807, 2.05) is 45.9 Å². The van der Waals surface area contributed by atoms with E-state index in [1.165, 1.54) is 4.90 Å². The summed E-state index contributed by atoms with van der Waals surface area (Å²) >= 11 is 0. The minimum atomic E-state index is -0.582. The monoisotopic (exact) mass is 396 g/mol. The molecule has 6 nitrogen and oxygen atoms in total. The zero-order valence-electron chi connectivity index (χ0n) is 17.5. The van der Waals surface area contributed by atoms with Crippen molar-refractivity contribution < 1.29 is 19.1 Å². The normalized spacial score (nSPS) is 27.1. The number of anilines is 1. The van der Waals surface area contributed by atoms with Gasteiger partial charge >= 0.3 is 6.09 Å². The van der Waals surface area contributed by atoms with E-state index >= 15 is 0 Å². The van der Waals surface area contributed by atoms with Gasteiger partial charge in [0, 0.05) is 12.2 Å². The maximum atomic E-state index is 13.4. The van der Waals surface area contributed by atoms with Gasteiger partial charge in [0.1, 0.15) is 5.60 Å². The number of carbonyl (C=O) groups excluding carboxylic acids is 3. The molecule has 0 spiro atoms. The average Bonchev–Trinajstić information content (AvgIpc) is 2.92. The van der Waals surface area contributed by atoms with Crippen LogP contribution in [0.2, 0.25) is 0 Å². The predicted octanol–water partition coefficient (Wildman–Crippen LogP) is 4.12. The van der Waals surface area contributed by atoms with Crippen LogP contribution < -0.4 is 4.90 Å². The Hall–Kier alpha value is -2.63. The van der Waals surface area contributed by atoms with Gasteiger partial charge in [-0.3, -0.25) is 14.5 Å². The van der Waals surface area contributed by atoms with Gasteiger partial charge in [-0.1, -0.05) is 25.1 Å². The SMILES string of the molecule is C[C@H]1CC2=C(CCCN2C(=O)OC(C)(C)C)[C@H]2C(=O)N(c3ccccc3)C(=O)[C@H]21. The fraction of sp³-hybridized carbons (Fsp3) is 0.522. The minimum absolute atomic E-state index is 0.0213. The van der Waals surface area contributed by atoms with Crippen molar-refractivity contribution in [1.29, 1.82) is 0 Å². The number of allylic oxidation sites excluding steroid dienone is 1. The summed E-state index contributed by atoms with van der Waals surface area (Å²) in [7, 11) is 0. The van der Waals surface area contributed by atoms with Crippen molar-refractivity contribution in [3.05, 3.63) is 41.6 Å². The lowest BCUT2D eigenvalue weighted by Gasteiger charge is -2.41. The van der Waals surface area contributed by atoms with E-state index < -0.39 is 11.5 Å². The summed E-state index contributed by atoms with van der Waals surface area (Å²) in [6.45, 7) is 8.13. The highest BCUT2D eigenvalue weighted by Gasteiger charge is 2.55. The molecule has 1 aromatic carbocycles. The first-order valence-corrected chi connectivity index (χ1v) is 10.3. The van der Waals surface area contributed by atoms with E-state index in [4.69, 9.17) is 4.74 Å². The third kappa shape index (κ3) is 3.34. The lowest BCUT2D eigenvalue weighted by atomic mass is 9.70. The van der Waals surface area contributed by atoms with Crippen LogP contribution in [0.4, 0.5) is 10.5 Å². The second-order valence-corrected chi connectivity index (χ2v) is 9.24. The van der Waals surface area contributed by atoms with E-state index in [1.54, 1.807) is 17.0 Å². The van der Waals surface area contributed by atoms with Crippen molar-refractivity contribution >= 4 is 23.6 Å². The molecule has 1 saturated heterocycles. The summed E-state index contributed by atoms with van der Waals surface area (Å²) in [6, 6.07) is 9.11. The molecule has 4 rings (SSSR count). The Morgan fingerprint density at radius 2 is 1.79 bits per heavy atom. The first kappa shape index (κ1) is 19.7. The molecule has 2 heterocycles. The Morgan fingerprint density at radius 3 is 2.45 bits per heavy atom. The summed E-state index contributed by atoms with van der Waals surface area (Å²) in [5.41, 5.74) is 1.87. The van der Waals surface area contributed by atoms with Crippen LogP contribution in [0.25, 0.3) is 0 Å². The number of amides is 3. The van der Waals surface area contributed by atoms with Crippen molar-refractivity contribution in [3.63, 3.8) is 0 Å². The zero-order chi connectivity index (χ0) is 20.9. The second kappa shape index (κ2) is 7.01. The van der Waals surface area contributed by atoms with Crippen LogP contribution in [-0.4, -0.2) is 35.0 Å². The summed E-state index contributed by atoms with van der Waals surface area (Å²) in [6.07, 6.45) is 1.75. The number of fused-ring (bicyclic) bond motifs is 2. The second-order valence-electron chi connectivity index (χ2n) is 9.24. The first-order valence-electron chi connectivity index (χ1n) is 10.3. The molecule has 3 amide bonds. The predicted molar refractivity (Wildman–Crippen MR) is 109 cm³/mol. The van der Waals surface area contributed by atoms with Gasteiger partial charge in [0.05, 0.1) is 17.5 Å². The van der Waals surface area contributed by atoms with Crippen LogP contribution in [0, 0.1) is 17.8 Å². The van der Waals surface area contributed by atoms with E-state index in [0.717, 1.165) is 24.1 Å². The molecular formula is C23H28N2O4. The Labute approximate surface area is 171 Å². The molecule has 0 unspecified atom stereocenters. The van der Waals surface area contributed by atoms with Crippen molar-refractivity contribution in [2.75, 3.05) is 11.4 Å². The third-order valence-electron chi connectivity index (χ3n) is 6.01. The molecule has 0 saturated carbocycles. The summed E-state index contributed by atoms with van der Waals surface area (Å²) in [5.74, 6) is -1.16. The molecule has 1 fully saturated rings. The Bertz CT molecular complexity index is 884. The fourth-order valence-electron chi connectivity index (χ4n) is 4.87. The number of nitrogens with zero attached hydrogens (tertiary/aromatic N) is 2. The minimum Gasteiger partial charge on any atom is -0.443 e. The molecule has 154 valence electrons. The van der Waals surface area contributed by atoms with Gasteiger partial charge in [-0.25, -0.2) is 9.69 Å². The molecule has 0 aromatic heterocycles. The molecule has 3 aliphatic rings. The third-order valence-corrected chi connectivity index (χ3v) is 6.01. The standard InChI is InChI=1S/C23H28N2O4/c1-14-13-17-16(11-8-12-24(17)22(28)29-23(2,3)4)19-18(14)20(26)25(21(19)27)15-9-6-5-7-10-15/h5-7,9-10,14,18-19H,8,11-13H2,1-4H3/t14-,18-,19+/m0/s1. The number of hydrogen-bond donors (Lipinski definition) is 0. The van der Waals surface area contributed by atoms with E-state index in [0.29, 0.717) is 18.7 Å². The lowest BCUT2D eigenvalue weighted by molar-refractivity contribution is -0.122. The maximum Gasteiger partial charge on any atom is 0.414 e. The number of carbonyl (C=O) groups is 3. The molecule has 1 aromatic rings. The molecule has 3 atom stereocenters. The smallest absolute Gasteiger partial charge is 0.414 e. The number of para-hydroxylation sites is 1. The van der Waals surface area contributed by atoms with Crippen LogP contribution in [0.5, 0.6) is 0 Å². The highest BCUT2D eigenvalue weighted by Crippen LogP contribution is 2.49. The zero-order valence-corrected chi connectivity index (χ0v) is 17.5. The van der Waals surface area contributed by atoms with Gasteiger partial charge in [-0.15, -0.1) is 0 Å². The average molecular weight is 396 g/mol. The van der Waals surface area contributed by atoms with Crippen LogP contribution >= 0.6 is 0 Å². The van der Waals surface area contributed by atoms with Gasteiger partial charge in [0.15, 0.2) is 0 Å². The van der Waals surface area contributed by atoms with Crippen LogP contribution in [0.1, 0.15) is 47.0 Å². The van der Waals surface area contributed by atoms with Crippen LogP contribution in [-0.2, 0) is 14.3 Å². The lowest BCUT2D eigenvalue weighted by Crippen LogP contribution is -2.44. The van der Waals surface area contributed by atoms with E-state index in [2.05, 4.69) is 0 Å². The molecule has 29 heavy (non-hydrogen) atoms. The van der Waals surface area contributed by atoms with Crippen molar-refractivity contribution in [2.45, 2.75) is 52.6 Å². The van der Waals surface area contributed by atoms with Crippen molar-refractivity contribution in [3.8, 4) is 0 Å². The van der Waals surface area contributed by atoms with Crippen LogP contribution in [0.15, 0.2) is 41.6 Å². The summed E-state index contributed by atoms with van der Waals surface area (Å²) in [5, 5.41) is 0. The van der Waals surface area contributed by atoms with Crippen molar-refractivity contribution in [1.82, 2.24) is 4.90 Å². The number of rotatable bonds is 1. The Balaban J connectivity index is 1.72. The highest BCUT2D eigenvalue weighted by atomic mass is 16.6. The molecular weight excluding hydrogens is 368 g/mol. The quantitative estimate of drug-likeness (QED) is 0.670. The fourth-order valence-corrected chi connectivity index (χ4v) is 4.87. The van der Waals surface area contributed by atoms with Gasteiger partial charge < -0.3 is 4.74 Å². The first-order chi connectivity index (χ1) is 13.7. The van der Waals surface area contributed by atoms with Gasteiger partial charge in [0.2, 0.25) is 11.8 Å². The largest absolute Gasteiger partial charge is 0.443 e. The molecule has 0 bridgehead atoms. The summed E-state index contributed by atoms with van der Waals surface area (Å²) < 4.78 is 5.60. The number of imide groups is 1. The Morgan fingerprint density at radius 1 is 1.10 bits per heavy atom. The number of ether oxygens (including phenoxy) is 1. The van der Waals surface area contributed by atoms with Gasteiger partial charge in [-0.05, 0) is 63.7 Å². The van der Waals surface area contributed by atoms with Gasteiger partial charge in [0.25, 0.3) is 0 Å². The number of benzene rings is 1.